The number of nitrogens with one attached hydrogen (secondary N) is 1. The van der Waals surface area contributed by atoms with E-state index in [0.717, 1.165) is 5.56 Å². The molecule has 0 bridgehead atoms. The Bertz CT molecular complexity index is 1360. The van der Waals surface area contributed by atoms with Crippen LogP contribution in [0.2, 0.25) is 0 Å². The third kappa shape index (κ3) is 4.54. The summed E-state index contributed by atoms with van der Waals surface area (Å²) in [5, 5.41) is 6.68. The fourth-order valence-corrected chi connectivity index (χ4v) is 3.89. The summed E-state index contributed by atoms with van der Waals surface area (Å²) in [4.78, 5) is 29.3. The maximum absolute atomic E-state index is 12.4. The number of rotatable bonds is 8. The highest BCUT2D eigenvalue weighted by Gasteiger charge is 2.12. The van der Waals surface area contributed by atoms with E-state index in [1.54, 1.807) is 42.5 Å². The molecule has 10 heteroatoms. The Labute approximate surface area is 186 Å². The average molecular weight is 452 g/mol. The molecule has 1 N–H and O–H groups in total. The van der Waals surface area contributed by atoms with Gasteiger partial charge in [-0.15, -0.1) is 0 Å². The number of methoxy groups -OCH3 is 1. The normalized spacial score (nSPS) is 11.5. The van der Waals surface area contributed by atoms with Gasteiger partial charge in [0, 0.05) is 0 Å². The molecule has 9 nitrogen and oxygen atoms in total. The van der Waals surface area contributed by atoms with Crippen molar-refractivity contribution in [3.8, 4) is 17.2 Å². The number of thiazole rings is 1. The molecule has 1 amide bonds. The van der Waals surface area contributed by atoms with Crippen LogP contribution in [0.1, 0.15) is 12.5 Å². The number of hydrogen-bond acceptors (Lipinski definition) is 8. The van der Waals surface area contributed by atoms with Crippen LogP contribution in [0.15, 0.2) is 53.6 Å². The van der Waals surface area contributed by atoms with Crippen molar-refractivity contribution in [1.82, 2.24) is 14.6 Å². The number of amides is 1. The van der Waals surface area contributed by atoms with E-state index in [-0.39, 0.29) is 18.1 Å². The second-order valence-electron chi connectivity index (χ2n) is 6.55. The Morgan fingerprint density at radius 3 is 2.78 bits per heavy atom. The number of carbonyl (C=O) groups excluding carboxylic acids is 1. The number of para-hydroxylation sites is 2. The molecule has 0 unspecified atom stereocenters. The maximum atomic E-state index is 12.4. The van der Waals surface area contributed by atoms with Crippen molar-refractivity contribution in [2.45, 2.75) is 6.92 Å². The molecule has 0 saturated carbocycles. The minimum atomic E-state index is -0.335. The van der Waals surface area contributed by atoms with E-state index in [4.69, 9.17) is 14.2 Å². The summed E-state index contributed by atoms with van der Waals surface area (Å²) in [6.07, 6.45) is 3.09. The fraction of sp³-hybridized carbons (Fsp3) is 0.182. The zero-order valence-corrected chi connectivity index (χ0v) is 18.2. The molecule has 0 radical (unpaired) electrons. The molecule has 2 aromatic heterocycles. The number of fused-ring (bicyclic) bond motifs is 1. The molecule has 0 saturated heterocycles. The number of hydrogen-bond donors (Lipinski definition) is 1. The zero-order chi connectivity index (χ0) is 22.5. The Kier molecular flexibility index (Phi) is 6.31. The predicted molar refractivity (Wildman–Crippen MR) is 121 cm³/mol. The van der Waals surface area contributed by atoms with Crippen LogP contribution in [0, 0.1) is 0 Å². The summed E-state index contributed by atoms with van der Waals surface area (Å²) in [6, 6.07) is 12.4. The number of nitrogens with zero attached hydrogens (tertiary/aromatic N) is 3. The van der Waals surface area contributed by atoms with Crippen LogP contribution in [-0.2, 0) is 4.79 Å². The number of carbonyl (C=O) groups is 1. The van der Waals surface area contributed by atoms with Crippen LogP contribution >= 0.6 is 11.3 Å². The lowest BCUT2D eigenvalue weighted by Gasteiger charge is -2.13. The van der Waals surface area contributed by atoms with Crippen molar-refractivity contribution in [3.05, 3.63) is 69.2 Å². The highest BCUT2D eigenvalue weighted by atomic mass is 32.1. The number of benzene rings is 2. The van der Waals surface area contributed by atoms with Crippen LogP contribution in [0.5, 0.6) is 17.2 Å². The molecule has 0 fully saturated rings. The Morgan fingerprint density at radius 1 is 1.16 bits per heavy atom. The van der Waals surface area contributed by atoms with E-state index in [1.165, 1.54) is 29.3 Å². The first kappa shape index (κ1) is 21.3. The highest BCUT2D eigenvalue weighted by molar-refractivity contribution is 7.15. The standard InChI is InChI=1S/C22H20N4O5S/c1-3-30-18-10-14(11-19-21(28)26-22(32-19)23-13-24-26)8-9-17(18)31-12-20(27)25-15-6-4-5-7-16(15)29-2/h4-11,13H,3,12H2,1-2H3,(H,25,27)/b19-11-. The summed E-state index contributed by atoms with van der Waals surface area (Å²) in [5.74, 6) is 1.12. The summed E-state index contributed by atoms with van der Waals surface area (Å²) in [7, 11) is 1.54. The lowest BCUT2D eigenvalue weighted by Crippen LogP contribution is -2.23. The van der Waals surface area contributed by atoms with Gasteiger partial charge < -0.3 is 19.5 Å². The first-order valence-corrected chi connectivity index (χ1v) is 10.6. The number of aromatic nitrogens is 3. The predicted octanol–water partition coefficient (Wildman–Crippen LogP) is 2.12. The molecule has 4 rings (SSSR count). The van der Waals surface area contributed by atoms with Gasteiger partial charge in [-0.25, -0.2) is 4.98 Å². The first-order valence-electron chi connectivity index (χ1n) is 9.76. The molecule has 0 spiro atoms. The van der Waals surface area contributed by atoms with E-state index in [2.05, 4.69) is 15.4 Å². The highest BCUT2D eigenvalue weighted by Crippen LogP contribution is 2.29. The molecule has 0 aliphatic heterocycles. The Balaban J connectivity index is 1.51. The van der Waals surface area contributed by atoms with Gasteiger partial charge in [0.2, 0.25) is 4.96 Å². The molecule has 2 heterocycles. The van der Waals surface area contributed by atoms with Gasteiger partial charge >= 0.3 is 0 Å². The zero-order valence-electron chi connectivity index (χ0n) is 17.4. The first-order chi connectivity index (χ1) is 15.6. The minimum Gasteiger partial charge on any atom is -0.495 e. The third-order valence-corrected chi connectivity index (χ3v) is 5.40. The van der Waals surface area contributed by atoms with E-state index >= 15 is 0 Å². The molecule has 4 aromatic rings. The van der Waals surface area contributed by atoms with Crippen LogP contribution in [0.4, 0.5) is 5.69 Å². The topological polar surface area (TPSA) is 104 Å². The van der Waals surface area contributed by atoms with Crippen LogP contribution in [0.3, 0.4) is 0 Å². The Morgan fingerprint density at radius 2 is 2.00 bits per heavy atom. The fourth-order valence-electron chi connectivity index (χ4n) is 3.01. The van der Waals surface area contributed by atoms with Crippen molar-refractivity contribution in [3.63, 3.8) is 0 Å². The maximum Gasteiger partial charge on any atom is 0.291 e. The molecule has 164 valence electrons. The largest absolute Gasteiger partial charge is 0.495 e. The van der Waals surface area contributed by atoms with E-state index in [9.17, 15) is 9.59 Å². The van der Waals surface area contributed by atoms with E-state index < -0.39 is 0 Å². The van der Waals surface area contributed by atoms with Crippen molar-refractivity contribution < 1.29 is 19.0 Å². The van der Waals surface area contributed by atoms with Crippen molar-refractivity contribution in [1.29, 1.82) is 0 Å². The van der Waals surface area contributed by atoms with Gasteiger partial charge in [-0.05, 0) is 42.8 Å². The number of anilines is 1. The van der Waals surface area contributed by atoms with Crippen LogP contribution in [-0.4, -0.2) is 40.8 Å². The van der Waals surface area contributed by atoms with Gasteiger partial charge in [0.05, 0.1) is 23.9 Å². The third-order valence-electron chi connectivity index (χ3n) is 4.43. The molecule has 0 aliphatic carbocycles. The summed E-state index contributed by atoms with van der Waals surface area (Å²) < 4.78 is 18.4. The second-order valence-corrected chi connectivity index (χ2v) is 7.56. The van der Waals surface area contributed by atoms with Crippen LogP contribution in [0.25, 0.3) is 11.0 Å². The van der Waals surface area contributed by atoms with Gasteiger partial charge in [0.15, 0.2) is 18.1 Å². The second kappa shape index (κ2) is 9.48. The summed E-state index contributed by atoms with van der Waals surface area (Å²) in [6.45, 7) is 2.06. The van der Waals surface area contributed by atoms with Crippen molar-refractivity contribution in [2.75, 3.05) is 25.6 Å². The monoisotopic (exact) mass is 452 g/mol. The van der Waals surface area contributed by atoms with Gasteiger partial charge in [-0.1, -0.05) is 29.5 Å². The molecule has 32 heavy (non-hydrogen) atoms. The molecule has 0 atom stereocenters. The molecule has 2 aromatic carbocycles. The minimum absolute atomic E-state index is 0.209. The van der Waals surface area contributed by atoms with Crippen molar-refractivity contribution in [2.24, 2.45) is 0 Å². The van der Waals surface area contributed by atoms with Gasteiger partial charge in [0.1, 0.15) is 12.1 Å². The smallest absolute Gasteiger partial charge is 0.291 e. The van der Waals surface area contributed by atoms with E-state index in [0.29, 0.717) is 39.0 Å². The number of ether oxygens (including phenoxy) is 3. The summed E-state index contributed by atoms with van der Waals surface area (Å²) in [5.41, 5.74) is 1.08. The quantitative estimate of drug-likeness (QED) is 0.437. The van der Waals surface area contributed by atoms with Crippen LogP contribution < -0.4 is 29.6 Å². The SMILES string of the molecule is CCOc1cc(/C=c2\sc3ncnn3c2=O)ccc1OCC(=O)Nc1ccccc1OC. The Hall–Kier alpha value is -3.92. The molecular weight excluding hydrogens is 432 g/mol. The van der Waals surface area contributed by atoms with Gasteiger partial charge in [-0.3, -0.25) is 9.59 Å². The lowest BCUT2D eigenvalue weighted by atomic mass is 10.2. The van der Waals surface area contributed by atoms with Gasteiger partial charge in [0.25, 0.3) is 11.5 Å². The lowest BCUT2D eigenvalue weighted by molar-refractivity contribution is -0.118. The van der Waals surface area contributed by atoms with Crippen molar-refractivity contribution >= 4 is 34.0 Å². The summed E-state index contributed by atoms with van der Waals surface area (Å²) >= 11 is 1.25. The molecular formula is C22H20N4O5S. The molecule has 0 aliphatic rings. The van der Waals surface area contributed by atoms with E-state index in [1.807, 2.05) is 13.0 Å². The van der Waals surface area contributed by atoms with Gasteiger partial charge in [-0.2, -0.15) is 9.61 Å². The average Bonchev–Trinajstić information content (AvgIpc) is 3.37.